The fraction of sp³-hybridized carbons (Fsp3) is 0.857. The lowest BCUT2D eigenvalue weighted by atomic mass is 10.1. The van der Waals surface area contributed by atoms with E-state index in [9.17, 15) is 14.7 Å². The van der Waals surface area contributed by atoms with Gasteiger partial charge in [-0.3, -0.25) is 0 Å². The minimum absolute atomic E-state index is 0.0568. The summed E-state index contributed by atoms with van der Waals surface area (Å²) < 4.78 is 0. The molecular weight excluding hydrogens is 244 g/mol. The topological polar surface area (TPSA) is 60.9 Å². The monoisotopic (exact) mass is 268 g/mol. The minimum Gasteiger partial charge on any atom is -0.480 e. The Morgan fingerprint density at radius 2 is 1.79 bits per heavy atom. The summed E-state index contributed by atoms with van der Waals surface area (Å²) in [6.45, 7) is 3.47. The van der Waals surface area contributed by atoms with E-state index < -0.39 is 12.0 Å². The summed E-state index contributed by atoms with van der Waals surface area (Å²) in [6.07, 6.45) is 6.77. The molecule has 2 amide bonds. The van der Waals surface area contributed by atoms with Gasteiger partial charge in [0, 0.05) is 19.1 Å². The van der Waals surface area contributed by atoms with Crippen LogP contribution in [0.15, 0.2) is 0 Å². The highest BCUT2D eigenvalue weighted by atomic mass is 16.4. The Kier molecular flexibility index (Phi) is 4.66. The van der Waals surface area contributed by atoms with Gasteiger partial charge in [-0.15, -0.1) is 0 Å². The molecule has 2 unspecified atom stereocenters. The number of likely N-dealkylation sites (tertiary alicyclic amines) is 2. The zero-order valence-corrected chi connectivity index (χ0v) is 11.7. The van der Waals surface area contributed by atoms with Crippen molar-refractivity contribution in [3.8, 4) is 0 Å². The third-order valence-corrected chi connectivity index (χ3v) is 4.38. The maximum absolute atomic E-state index is 12.6. The molecule has 19 heavy (non-hydrogen) atoms. The van der Waals surface area contributed by atoms with Crippen molar-refractivity contribution in [3.63, 3.8) is 0 Å². The molecule has 0 aliphatic carbocycles. The van der Waals surface area contributed by atoms with Crippen molar-refractivity contribution in [1.82, 2.24) is 9.80 Å². The number of carboxylic acid groups (broad SMARTS) is 1. The van der Waals surface area contributed by atoms with E-state index in [0.29, 0.717) is 13.0 Å². The van der Waals surface area contributed by atoms with Gasteiger partial charge in [0.1, 0.15) is 6.04 Å². The van der Waals surface area contributed by atoms with Crippen molar-refractivity contribution in [2.75, 3.05) is 13.1 Å². The first kappa shape index (κ1) is 14.2. The summed E-state index contributed by atoms with van der Waals surface area (Å²) in [7, 11) is 0. The Morgan fingerprint density at radius 3 is 2.47 bits per heavy atom. The van der Waals surface area contributed by atoms with Gasteiger partial charge in [0.2, 0.25) is 0 Å². The highest BCUT2D eigenvalue weighted by Gasteiger charge is 2.37. The number of aliphatic carboxylic acids is 1. The van der Waals surface area contributed by atoms with Crippen molar-refractivity contribution in [1.29, 1.82) is 0 Å². The zero-order chi connectivity index (χ0) is 13.8. The molecular formula is C14H24N2O3. The molecule has 5 nitrogen and oxygen atoms in total. The molecule has 0 saturated carbocycles. The molecule has 0 aromatic carbocycles. The van der Waals surface area contributed by atoms with Gasteiger partial charge < -0.3 is 14.9 Å². The van der Waals surface area contributed by atoms with Gasteiger partial charge >= 0.3 is 12.0 Å². The van der Waals surface area contributed by atoms with Gasteiger partial charge in [0.25, 0.3) is 0 Å². The molecule has 2 saturated heterocycles. The van der Waals surface area contributed by atoms with Crippen molar-refractivity contribution in [3.05, 3.63) is 0 Å². The molecule has 2 fully saturated rings. The van der Waals surface area contributed by atoms with E-state index in [-0.39, 0.29) is 12.1 Å². The van der Waals surface area contributed by atoms with Crippen molar-refractivity contribution in [2.45, 2.75) is 64.0 Å². The Labute approximate surface area is 114 Å². The summed E-state index contributed by atoms with van der Waals surface area (Å²) in [6, 6.07) is -0.392. The van der Waals surface area contributed by atoms with Crippen LogP contribution in [0.3, 0.4) is 0 Å². The number of carboxylic acids is 1. The fourth-order valence-corrected chi connectivity index (χ4v) is 3.27. The largest absolute Gasteiger partial charge is 0.480 e. The van der Waals surface area contributed by atoms with E-state index in [0.717, 1.165) is 32.2 Å². The lowest BCUT2D eigenvalue weighted by Crippen LogP contribution is -2.51. The van der Waals surface area contributed by atoms with E-state index in [4.69, 9.17) is 0 Å². The molecule has 0 aromatic rings. The predicted molar refractivity (Wildman–Crippen MR) is 72.0 cm³/mol. The average Bonchev–Trinajstić information content (AvgIpc) is 2.76. The van der Waals surface area contributed by atoms with E-state index in [2.05, 4.69) is 6.92 Å². The van der Waals surface area contributed by atoms with Crippen LogP contribution in [-0.2, 0) is 4.79 Å². The third-order valence-electron chi connectivity index (χ3n) is 4.38. The number of rotatable bonds is 2. The van der Waals surface area contributed by atoms with Crippen molar-refractivity contribution >= 4 is 12.0 Å². The van der Waals surface area contributed by atoms with Crippen LogP contribution in [0.1, 0.15) is 51.9 Å². The Balaban J connectivity index is 2.09. The first-order chi connectivity index (χ1) is 9.15. The fourth-order valence-electron chi connectivity index (χ4n) is 3.27. The third kappa shape index (κ3) is 3.01. The number of carbonyl (C=O) groups excluding carboxylic acids is 1. The van der Waals surface area contributed by atoms with Gasteiger partial charge in [-0.25, -0.2) is 9.59 Å². The van der Waals surface area contributed by atoms with E-state index in [1.165, 1.54) is 12.8 Å². The molecule has 0 radical (unpaired) electrons. The first-order valence-electron chi connectivity index (χ1n) is 7.45. The molecule has 5 heteroatoms. The van der Waals surface area contributed by atoms with Gasteiger partial charge in [-0.2, -0.15) is 0 Å². The molecule has 2 aliphatic rings. The minimum atomic E-state index is -0.867. The van der Waals surface area contributed by atoms with E-state index in [1.54, 1.807) is 4.90 Å². The zero-order valence-electron chi connectivity index (χ0n) is 11.7. The van der Waals surface area contributed by atoms with Crippen molar-refractivity contribution < 1.29 is 14.7 Å². The molecule has 2 atom stereocenters. The van der Waals surface area contributed by atoms with Crippen LogP contribution in [0.25, 0.3) is 0 Å². The Morgan fingerprint density at radius 1 is 1.05 bits per heavy atom. The molecule has 2 aliphatic heterocycles. The molecule has 0 spiro atoms. The predicted octanol–water partition coefficient (Wildman–Crippen LogP) is 2.31. The van der Waals surface area contributed by atoms with Crippen molar-refractivity contribution in [2.24, 2.45) is 0 Å². The second kappa shape index (κ2) is 6.26. The summed E-state index contributed by atoms with van der Waals surface area (Å²) in [5.74, 6) is -0.867. The van der Waals surface area contributed by atoms with Gasteiger partial charge in [0.15, 0.2) is 0 Å². The maximum Gasteiger partial charge on any atom is 0.326 e. The highest BCUT2D eigenvalue weighted by molar-refractivity contribution is 5.83. The van der Waals surface area contributed by atoms with Crippen LogP contribution < -0.4 is 0 Å². The van der Waals surface area contributed by atoms with E-state index in [1.807, 2.05) is 4.90 Å². The normalized spacial score (nSPS) is 28.3. The van der Waals surface area contributed by atoms with Crippen LogP contribution >= 0.6 is 0 Å². The maximum atomic E-state index is 12.6. The van der Waals surface area contributed by atoms with Crippen LogP contribution in [0.5, 0.6) is 0 Å². The molecule has 2 rings (SSSR count). The smallest absolute Gasteiger partial charge is 0.326 e. The molecule has 0 bridgehead atoms. The summed E-state index contributed by atoms with van der Waals surface area (Å²) in [5, 5.41) is 9.20. The quantitative estimate of drug-likeness (QED) is 0.836. The average molecular weight is 268 g/mol. The first-order valence-corrected chi connectivity index (χ1v) is 7.45. The Hall–Kier alpha value is -1.26. The summed E-state index contributed by atoms with van der Waals surface area (Å²) in [5.41, 5.74) is 0. The molecule has 108 valence electrons. The van der Waals surface area contributed by atoms with Crippen LogP contribution in [0, 0.1) is 0 Å². The van der Waals surface area contributed by atoms with E-state index >= 15 is 0 Å². The number of hydrogen-bond donors (Lipinski definition) is 1. The van der Waals surface area contributed by atoms with Gasteiger partial charge in [0.05, 0.1) is 0 Å². The SMILES string of the molecule is CCC1CCCCCN1C(=O)N1CCCC1C(=O)O. The second-order valence-corrected chi connectivity index (χ2v) is 5.58. The highest BCUT2D eigenvalue weighted by Crippen LogP contribution is 2.24. The molecule has 1 N–H and O–H groups in total. The Bertz CT molecular complexity index is 346. The number of carbonyl (C=O) groups is 2. The summed E-state index contributed by atoms with van der Waals surface area (Å²) >= 11 is 0. The van der Waals surface area contributed by atoms with Crippen LogP contribution in [0.2, 0.25) is 0 Å². The number of nitrogens with zero attached hydrogens (tertiary/aromatic N) is 2. The number of amides is 2. The lowest BCUT2D eigenvalue weighted by molar-refractivity contribution is -0.141. The standard InChI is InChI=1S/C14H24N2O3/c1-2-11-7-4-3-5-9-15(11)14(19)16-10-6-8-12(16)13(17)18/h11-12H,2-10H2,1H3,(H,17,18). The molecule has 2 heterocycles. The van der Waals surface area contributed by atoms with Crippen LogP contribution in [0.4, 0.5) is 4.79 Å². The number of urea groups is 1. The second-order valence-electron chi connectivity index (χ2n) is 5.58. The van der Waals surface area contributed by atoms with Gasteiger partial charge in [-0.05, 0) is 32.1 Å². The van der Waals surface area contributed by atoms with Crippen LogP contribution in [-0.4, -0.2) is 52.1 Å². The number of hydrogen-bond acceptors (Lipinski definition) is 2. The lowest BCUT2D eigenvalue weighted by Gasteiger charge is -2.34. The molecule has 0 aromatic heterocycles. The summed E-state index contributed by atoms with van der Waals surface area (Å²) in [4.78, 5) is 27.3. The van der Waals surface area contributed by atoms with Gasteiger partial charge in [-0.1, -0.05) is 19.8 Å².